The quantitative estimate of drug-likeness (QED) is 0.546. The van der Waals surface area contributed by atoms with E-state index in [1.165, 1.54) is 33.0 Å². The van der Waals surface area contributed by atoms with Crippen molar-refractivity contribution in [2.75, 3.05) is 0 Å². The van der Waals surface area contributed by atoms with E-state index in [0.29, 0.717) is 0 Å². The Morgan fingerprint density at radius 1 is 0.722 bits per heavy atom. The van der Waals surface area contributed by atoms with Crippen LogP contribution in [-0.4, -0.2) is 0 Å². The highest BCUT2D eigenvalue weighted by atomic mass is 14.1. The van der Waals surface area contributed by atoms with E-state index in [4.69, 9.17) is 0 Å². The van der Waals surface area contributed by atoms with E-state index in [0.717, 1.165) is 0 Å². The maximum atomic E-state index is 2.25. The molecule has 0 saturated carbocycles. The molecule has 3 rings (SSSR count). The van der Waals surface area contributed by atoms with Crippen molar-refractivity contribution in [1.82, 2.24) is 0 Å². The van der Waals surface area contributed by atoms with Gasteiger partial charge in [0, 0.05) is 0 Å². The van der Waals surface area contributed by atoms with Gasteiger partial charge in [-0.3, -0.25) is 0 Å². The second-order valence-electron chi connectivity index (χ2n) is 4.83. The van der Waals surface area contributed by atoms with E-state index in [1.807, 2.05) is 0 Å². The van der Waals surface area contributed by atoms with Crippen molar-refractivity contribution in [3.8, 4) is 11.1 Å². The first-order valence-corrected chi connectivity index (χ1v) is 6.31. The zero-order valence-corrected chi connectivity index (χ0v) is 10.8. The Hall–Kier alpha value is -2.08. The number of hydrogen-bond donors (Lipinski definition) is 0. The molecule has 18 heavy (non-hydrogen) atoms. The Morgan fingerprint density at radius 2 is 1.50 bits per heavy atom. The van der Waals surface area contributed by atoms with Gasteiger partial charge in [-0.05, 0) is 41.3 Å². The first-order valence-electron chi connectivity index (χ1n) is 6.31. The van der Waals surface area contributed by atoms with Gasteiger partial charge in [-0.1, -0.05) is 66.2 Å². The van der Waals surface area contributed by atoms with Gasteiger partial charge in [0.05, 0.1) is 0 Å². The van der Waals surface area contributed by atoms with Crippen molar-refractivity contribution in [3.05, 3.63) is 71.8 Å². The van der Waals surface area contributed by atoms with Gasteiger partial charge < -0.3 is 0 Å². The third kappa shape index (κ3) is 1.80. The average molecular weight is 232 g/mol. The summed E-state index contributed by atoms with van der Waals surface area (Å²) in [7, 11) is 0. The average Bonchev–Trinajstić information content (AvgIpc) is 2.40. The van der Waals surface area contributed by atoms with E-state index in [9.17, 15) is 0 Å². The molecule has 88 valence electrons. The fourth-order valence-electron chi connectivity index (χ4n) is 2.54. The van der Waals surface area contributed by atoms with Crippen molar-refractivity contribution >= 4 is 10.8 Å². The Balaban J connectivity index is 2.27. The van der Waals surface area contributed by atoms with Crippen LogP contribution in [0, 0.1) is 13.8 Å². The van der Waals surface area contributed by atoms with E-state index in [1.54, 1.807) is 0 Å². The van der Waals surface area contributed by atoms with Crippen LogP contribution in [0.4, 0.5) is 0 Å². The molecular formula is C18H16. The van der Waals surface area contributed by atoms with Crippen LogP contribution in [0.25, 0.3) is 21.9 Å². The minimum atomic E-state index is 1.29. The third-order valence-corrected chi connectivity index (χ3v) is 3.53. The van der Waals surface area contributed by atoms with Gasteiger partial charge in [-0.15, -0.1) is 0 Å². The molecule has 0 heteroatoms. The summed E-state index contributed by atoms with van der Waals surface area (Å²) in [5, 5.41) is 2.68. The van der Waals surface area contributed by atoms with Crippen LogP contribution in [0.5, 0.6) is 0 Å². The minimum absolute atomic E-state index is 1.29. The highest BCUT2D eigenvalue weighted by molar-refractivity contribution is 5.91. The van der Waals surface area contributed by atoms with E-state index >= 15 is 0 Å². The predicted molar refractivity (Wildman–Crippen MR) is 78.9 cm³/mol. The topological polar surface area (TPSA) is 0 Å². The van der Waals surface area contributed by atoms with Gasteiger partial charge in [-0.2, -0.15) is 0 Å². The first-order chi connectivity index (χ1) is 8.75. The lowest BCUT2D eigenvalue weighted by Gasteiger charge is -2.10. The molecule has 0 amide bonds. The standard InChI is InChI=1S/C18H16/c1-13-8-10-18-14(2)17(11-9-16(18)12-13)15-6-4-3-5-7-15/h3-12H,1-2H3. The van der Waals surface area contributed by atoms with Gasteiger partial charge in [0.1, 0.15) is 0 Å². The Bertz CT molecular complexity index is 694. The molecule has 0 aromatic heterocycles. The molecule has 0 spiro atoms. The second-order valence-corrected chi connectivity index (χ2v) is 4.83. The van der Waals surface area contributed by atoms with E-state index < -0.39 is 0 Å². The Morgan fingerprint density at radius 3 is 2.28 bits per heavy atom. The normalized spacial score (nSPS) is 10.8. The molecule has 3 aromatic rings. The monoisotopic (exact) mass is 232 g/mol. The summed E-state index contributed by atoms with van der Waals surface area (Å²) in [6.07, 6.45) is 0. The lowest BCUT2D eigenvalue weighted by molar-refractivity contribution is 1.47. The summed E-state index contributed by atoms with van der Waals surface area (Å²) in [5.74, 6) is 0. The van der Waals surface area contributed by atoms with E-state index in [2.05, 4.69) is 74.5 Å². The van der Waals surface area contributed by atoms with Crippen molar-refractivity contribution in [1.29, 1.82) is 0 Å². The van der Waals surface area contributed by atoms with Crippen LogP contribution in [0.2, 0.25) is 0 Å². The van der Waals surface area contributed by atoms with Gasteiger partial charge in [0.2, 0.25) is 0 Å². The molecule has 0 aliphatic carbocycles. The second kappa shape index (κ2) is 4.30. The Labute approximate surface area is 108 Å². The van der Waals surface area contributed by atoms with Gasteiger partial charge in [0.15, 0.2) is 0 Å². The fourth-order valence-corrected chi connectivity index (χ4v) is 2.54. The van der Waals surface area contributed by atoms with Crippen LogP contribution in [-0.2, 0) is 0 Å². The Kier molecular flexibility index (Phi) is 2.64. The fraction of sp³-hybridized carbons (Fsp3) is 0.111. The summed E-state index contributed by atoms with van der Waals surface area (Å²) in [6, 6.07) is 21.7. The summed E-state index contributed by atoms with van der Waals surface area (Å²) in [5.41, 5.74) is 5.29. The number of fused-ring (bicyclic) bond motifs is 1. The molecule has 0 aliphatic rings. The SMILES string of the molecule is Cc1ccc2c(C)c(-c3ccccc3)ccc2c1. The van der Waals surface area contributed by atoms with Crippen LogP contribution >= 0.6 is 0 Å². The molecule has 0 N–H and O–H groups in total. The molecule has 0 unspecified atom stereocenters. The summed E-state index contributed by atoms with van der Waals surface area (Å²) < 4.78 is 0. The molecule has 0 atom stereocenters. The lowest BCUT2D eigenvalue weighted by Crippen LogP contribution is -1.86. The molecule has 0 radical (unpaired) electrons. The number of aryl methyl sites for hydroxylation is 2. The first kappa shape index (κ1) is 11.0. The molecule has 0 heterocycles. The smallest absolute Gasteiger partial charge is 0.0148 e. The molecule has 0 fully saturated rings. The van der Waals surface area contributed by atoms with Crippen molar-refractivity contribution in [3.63, 3.8) is 0 Å². The minimum Gasteiger partial charge on any atom is -0.0622 e. The number of rotatable bonds is 1. The zero-order chi connectivity index (χ0) is 12.5. The predicted octanol–water partition coefficient (Wildman–Crippen LogP) is 5.12. The highest BCUT2D eigenvalue weighted by Gasteiger charge is 2.05. The third-order valence-electron chi connectivity index (χ3n) is 3.53. The van der Waals surface area contributed by atoms with Crippen LogP contribution < -0.4 is 0 Å². The van der Waals surface area contributed by atoms with Crippen LogP contribution in [0.3, 0.4) is 0 Å². The molecule has 0 aliphatic heterocycles. The van der Waals surface area contributed by atoms with Crippen molar-refractivity contribution in [2.24, 2.45) is 0 Å². The lowest BCUT2D eigenvalue weighted by atomic mass is 9.94. The largest absolute Gasteiger partial charge is 0.0622 e. The summed E-state index contributed by atoms with van der Waals surface area (Å²) in [6.45, 7) is 4.35. The highest BCUT2D eigenvalue weighted by Crippen LogP contribution is 2.29. The van der Waals surface area contributed by atoms with Gasteiger partial charge >= 0.3 is 0 Å². The van der Waals surface area contributed by atoms with Crippen LogP contribution in [0.1, 0.15) is 11.1 Å². The summed E-state index contributed by atoms with van der Waals surface area (Å²) >= 11 is 0. The molecule has 3 aromatic carbocycles. The number of benzene rings is 3. The number of hydrogen-bond acceptors (Lipinski definition) is 0. The van der Waals surface area contributed by atoms with E-state index in [-0.39, 0.29) is 0 Å². The molecule has 0 bridgehead atoms. The molecular weight excluding hydrogens is 216 g/mol. The van der Waals surface area contributed by atoms with Gasteiger partial charge in [0.25, 0.3) is 0 Å². The summed E-state index contributed by atoms with van der Waals surface area (Å²) in [4.78, 5) is 0. The molecule has 0 nitrogen and oxygen atoms in total. The molecule has 0 saturated heterocycles. The van der Waals surface area contributed by atoms with Gasteiger partial charge in [-0.25, -0.2) is 0 Å². The van der Waals surface area contributed by atoms with Crippen LogP contribution in [0.15, 0.2) is 60.7 Å². The zero-order valence-electron chi connectivity index (χ0n) is 10.8. The van der Waals surface area contributed by atoms with Crippen molar-refractivity contribution < 1.29 is 0 Å². The maximum absolute atomic E-state index is 2.25. The van der Waals surface area contributed by atoms with Crippen molar-refractivity contribution in [2.45, 2.75) is 13.8 Å². The maximum Gasteiger partial charge on any atom is -0.0148 e.